The Bertz CT molecular complexity index is 696. The first-order valence-electron chi connectivity index (χ1n) is 8.97. The van der Waals surface area contributed by atoms with Crippen molar-refractivity contribution >= 4 is 5.69 Å². The van der Waals surface area contributed by atoms with Crippen molar-refractivity contribution in [3.05, 3.63) is 59.2 Å². The van der Waals surface area contributed by atoms with Gasteiger partial charge in [-0.2, -0.15) is 0 Å². The lowest BCUT2D eigenvalue weighted by molar-refractivity contribution is 0.122. The van der Waals surface area contributed by atoms with Gasteiger partial charge >= 0.3 is 0 Å². The maximum Gasteiger partial charge on any atom is 0.123 e. The second kappa shape index (κ2) is 8.37. The van der Waals surface area contributed by atoms with Crippen LogP contribution in [0.15, 0.2) is 42.5 Å². The van der Waals surface area contributed by atoms with Crippen LogP contribution in [0.2, 0.25) is 0 Å². The van der Waals surface area contributed by atoms with Crippen LogP contribution < -0.4 is 15.0 Å². The number of hydrogen-bond acceptors (Lipinski definition) is 4. The molecule has 0 spiro atoms. The highest BCUT2D eigenvalue weighted by atomic mass is 16.5. The first-order valence-corrected chi connectivity index (χ1v) is 8.97. The molecule has 1 fully saturated rings. The molecule has 134 valence electrons. The zero-order valence-corrected chi connectivity index (χ0v) is 15.4. The van der Waals surface area contributed by atoms with Crippen LogP contribution in [0.3, 0.4) is 0 Å². The number of ether oxygens (including phenoxy) is 2. The molecule has 0 amide bonds. The second-order valence-electron chi connectivity index (χ2n) is 6.58. The number of benzene rings is 2. The van der Waals surface area contributed by atoms with Crippen molar-refractivity contribution in [3.8, 4) is 5.75 Å². The predicted octanol–water partition coefficient (Wildman–Crippen LogP) is 3.69. The predicted molar refractivity (Wildman–Crippen MR) is 102 cm³/mol. The first kappa shape index (κ1) is 17.8. The summed E-state index contributed by atoms with van der Waals surface area (Å²) >= 11 is 0. The summed E-state index contributed by atoms with van der Waals surface area (Å²) in [6, 6.07) is 15.2. The van der Waals surface area contributed by atoms with Crippen molar-refractivity contribution in [1.82, 2.24) is 5.32 Å². The number of methoxy groups -OCH3 is 1. The normalized spacial score (nSPS) is 15.9. The fraction of sp³-hybridized carbons (Fsp3) is 0.429. The maximum atomic E-state index is 5.53. The number of anilines is 1. The molecule has 3 rings (SSSR count). The van der Waals surface area contributed by atoms with Gasteiger partial charge in [0.1, 0.15) is 5.75 Å². The summed E-state index contributed by atoms with van der Waals surface area (Å²) in [5.41, 5.74) is 5.08. The Morgan fingerprint density at radius 1 is 1.16 bits per heavy atom. The molecule has 2 aromatic rings. The Morgan fingerprint density at radius 2 is 1.92 bits per heavy atom. The molecule has 0 radical (unpaired) electrons. The summed E-state index contributed by atoms with van der Waals surface area (Å²) in [6.45, 7) is 8.65. The van der Waals surface area contributed by atoms with Crippen LogP contribution in [0, 0.1) is 6.92 Å². The number of hydrogen-bond donors (Lipinski definition) is 1. The van der Waals surface area contributed by atoms with Gasteiger partial charge in [0.15, 0.2) is 0 Å². The van der Waals surface area contributed by atoms with Crippen LogP contribution in [0.5, 0.6) is 5.75 Å². The minimum Gasteiger partial charge on any atom is -0.496 e. The largest absolute Gasteiger partial charge is 0.496 e. The van der Waals surface area contributed by atoms with E-state index < -0.39 is 0 Å². The highest BCUT2D eigenvalue weighted by Crippen LogP contribution is 2.27. The van der Waals surface area contributed by atoms with Crippen molar-refractivity contribution < 1.29 is 9.47 Å². The zero-order valence-electron chi connectivity index (χ0n) is 15.4. The SMILES string of the molecule is COc1ccc(C)cc1C(C)NCc1ccccc1N1CCOCC1. The van der Waals surface area contributed by atoms with E-state index >= 15 is 0 Å². The number of rotatable bonds is 6. The first-order chi connectivity index (χ1) is 12.2. The molecule has 4 heteroatoms. The van der Waals surface area contributed by atoms with Crippen LogP contribution in [0.4, 0.5) is 5.69 Å². The second-order valence-corrected chi connectivity index (χ2v) is 6.58. The van der Waals surface area contributed by atoms with Gasteiger partial charge in [0.2, 0.25) is 0 Å². The lowest BCUT2D eigenvalue weighted by atomic mass is 10.0. The molecule has 1 aliphatic rings. The van der Waals surface area contributed by atoms with Crippen molar-refractivity contribution in [3.63, 3.8) is 0 Å². The molecule has 1 atom stereocenters. The molecule has 1 heterocycles. The Kier molecular flexibility index (Phi) is 5.95. The monoisotopic (exact) mass is 340 g/mol. The minimum absolute atomic E-state index is 0.215. The standard InChI is InChI=1S/C21H28N2O2/c1-16-8-9-21(24-3)19(14-16)17(2)22-15-18-6-4-5-7-20(18)23-10-12-25-13-11-23/h4-9,14,17,22H,10-13,15H2,1-3H3. The average Bonchev–Trinajstić information content (AvgIpc) is 2.67. The van der Waals surface area contributed by atoms with E-state index in [1.165, 1.54) is 22.4 Å². The van der Waals surface area contributed by atoms with E-state index in [2.05, 4.69) is 60.5 Å². The lowest BCUT2D eigenvalue weighted by Gasteiger charge is -2.31. The summed E-state index contributed by atoms with van der Waals surface area (Å²) in [5, 5.41) is 3.66. The van der Waals surface area contributed by atoms with E-state index in [0.29, 0.717) is 0 Å². The van der Waals surface area contributed by atoms with Gasteiger partial charge in [-0.3, -0.25) is 0 Å². The Labute approximate surface area is 150 Å². The van der Waals surface area contributed by atoms with E-state index in [-0.39, 0.29) is 6.04 Å². The Balaban J connectivity index is 1.72. The van der Waals surface area contributed by atoms with Gasteiger partial charge in [-0.1, -0.05) is 35.9 Å². The van der Waals surface area contributed by atoms with Crippen LogP contribution >= 0.6 is 0 Å². The summed E-state index contributed by atoms with van der Waals surface area (Å²) in [5.74, 6) is 0.937. The molecule has 25 heavy (non-hydrogen) atoms. The third kappa shape index (κ3) is 4.33. The molecule has 1 unspecified atom stereocenters. The molecule has 0 aliphatic carbocycles. The quantitative estimate of drug-likeness (QED) is 0.869. The Hall–Kier alpha value is -2.04. The molecule has 0 saturated carbocycles. The zero-order chi connectivity index (χ0) is 17.6. The van der Waals surface area contributed by atoms with Crippen LogP contribution in [0.25, 0.3) is 0 Å². The molecular formula is C21H28N2O2. The molecule has 1 N–H and O–H groups in total. The maximum absolute atomic E-state index is 5.53. The van der Waals surface area contributed by atoms with E-state index in [1.54, 1.807) is 7.11 Å². The van der Waals surface area contributed by atoms with Gasteiger partial charge in [0.25, 0.3) is 0 Å². The molecule has 0 aromatic heterocycles. The smallest absolute Gasteiger partial charge is 0.123 e. The van der Waals surface area contributed by atoms with Gasteiger partial charge in [0.05, 0.1) is 20.3 Å². The number of para-hydroxylation sites is 1. The van der Waals surface area contributed by atoms with E-state index in [1.807, 2.05) is 6.07 Å². The minimum atomic E-state index is 0.215. The molecule has 0 bridgehead atoms. The van der Waals surface area contributed by atoms with Crippen LogP contribution in [-0.4, -0.2) is 33.4 Å². The van der Waals surface area contributed by atoms with Crippen molar-refractivity contribution in [2.75, 3.05) is 38.3 Å². The fourth-order valence-electron chi connectivity index (χ4n) is 3.34. The number of morpholine rings is 1. The summed E-state index contributed by atoms with van der Waals surface area (Å²) in [7, 11) is 1.73. The molecule has 1 saturated heterocycles. The van der Waals surface area contributed by atoms with E-state index in [0.717, 1.165) is 38.6 Å². The lowest BCUT2D eigenvalue weighted by Crippen LogP contribution is -2.37. The molecule has 1 aliphatic heterocycles. The van der Waals surface area contributed by atoms with Gasteiger partial charge in [-0.15, -0.1) is 0 Å². The summed E-state index contributed by atoms with van der Waals surface area (Å²) in [6.07, 6.45) is 0. The van der Waals surface area contributed by atoms with Crippen molar-refractivity contribution in [2.45, 2.75) is 26.4 Å². The van der Waals surface area contributed by atoms with E-state index in [9.17, 15) is 0 Å². The van der Waals surface area contributed by atoms with Gasteiger partial charge in [-0.05, 0) is 31.5 Å². The third-order valence-corrected chi connectivity index (χ3v) is 4.79. The highest BCUT2D eigenvalue weighted by Gasteiger charge is 2.16. The number of nitrogens with one attached hydrogen (secondary N) is 1. The van der Waals surface area contributed by atoms with Gasteiger partial charge in [-0.25, -0.2) is 0 Å². The molecule has 2 aromatic carbocycles. The van der Waals surface area contributed by atoms with Crippen molar-refractivity contribution in [1.29, 1.82) is 0 Å². The van der Waals surface area contributed by atoms with Crippen LogP contribution in [-0.2, 0) is 11.3 Å². The third-order valence-electron chi connectivity index (χ3n) is 4.79. The number of nitrogens with zero attached hydrogens (tertiary/aromatic N) is 1. The molecule has 4 nitrogen and oxygen atoms in total. The summed E-state index contributed by atoms with van der Waals surface area (Å²) in [4.78, 5) is 2.42. The van der Waals surface area contributed by atoms with Crippen molar-refractivity contribution in [2.24, 2.45) is 0 Å². The van der Waals surface area contributed by atoms with E-state index in [4.69, 9.17) is 9.47 Å². The topological polar surface area (TPSA) is 33.7 Å². The molecular weight excluding hydrogens is 312 g/mol. The average molecular weight is 340 g/mol. The van der Waals surface area contributed by atoms with Gasteiger partial charge in [0, 0.05) is 36.9 Å². The Morgan fingerprint density at radius 3 is 2.68 bits per heavy atom. The van der Waals surface area contributed by atoms with Gasteiger partial charge < -0.3 is 19.7 Å². The summed E-state index contributed by atoms with van der Waals surface area (Å²) < 4.78 is 11.0. The fourth-order valence-corrected chi connectivity index (χ4v) is 3.34. The number of aryl methyl sites for hydroxylation is 1. The van der Waals surface area contributed by atoms with Crippen LogP contribution in [0.1, 0.15) is 29.7 Å². The highest BCUT2D eigenvalue weighted by molar-refractivity contribution is 5.54.